The largest absolute Gasteiger partial charge is 0.500 e. The standard InChI is InChI=1S/C15H33NO3Si.C3H8S/c1-7-17-20(18-8-2,19-9-3)12-10-11-16-15(6)13-14(4)5;1-2-3-4/h14H,7-13H2,1-6H3;4H,2-3H2,1H3. The number of nitrogens with zero attached hydrogens (tertiary/aromatic N) is 1. The highest BCUT2D eigenvalue weighted by Crippen LogP contribution is 2.18. The van der Waals surface area contributed by atoms with Crippen LogP contribution in [-0.2, 0) is 13.3 Å². The second-order valence-corrected chi connectivity index (χ2v) is 9.20. The SMILES string of the molecule is CCCS.CCO[Si](CCCN=C(C)CC(C)C)(OCC)OCC. The van der Waals surface area contributed by atoms with Crippen molar-refractivity contribution in [2.24, 2.45) is 10.9 Å². The predicted molar refractivity (Wildman–Crippen MR) is 112 cm³/mol. The Labute approximate surface area is 157 Å². The quantitative estimate of drug-likeness (QED) is 0.205. The number of hydrogen-bond acceptors (Lipinski definition) is 5. The van der Waals surface area contributed by atoms with Crippen LogP contribution in [0.1, 0.15) is 67.7 Å². The molecular weight excluding hydrogens is 338 g/mol. The van der Waals surface area contributed by atoms with Crippen LogP contribution in [0.3, 0.4) is 0 Å². The monoisotopic (exact) mass is 379 g/mol. The van der Waals surface area contributed by atoms with Gasteiger partial charge in [-0.15, -0.1) is 0 Å². The lowest BCUT2D eigenvalue weighted by Crippen LogP contribution is -2.46. The predicted octanol–water partition coefficient (Wildman–Crippen LogP) is 5.26. The summed E-state index contributed by atoms with van der Waals surface area (Å²) >= 11 is 3.92. The summed E-state index contributed by atoms with van der Waals surface area (Å²) in [5.41, 5.74) is 1.23. The Bertz CT molecular complexity index is 283. The van der Waals surface area contributed by atoms with Gasteiger partial charge >= 0.3 is 8.80 Å². The van der Waals surface area contributed by atoms with Crippen LogP contribution in [0, 0.1) is 5.92 Å². The minimum atomic E-state index is -2.47. The van der Waals surface area contributed by atoms with Gasteiger partial charge in [0.15, 0.2) is 0 Å². The van der Waals surface area contributed by atoms with Gasteiger partial charge in [-0.3, -0.25) is 4.99 Å². The summed E-state index contributed by atoms with van der Waals surface area (Å²) in [7, 11) is -2.47. The van der Waals surface area contributed by atoms with Crippen LogP contribution in [0.15, 0.2) is 4.99 Å². The Morgan fingerprint density at radius 1 is 1.00 bits per heavy atom. The molecule has 0 aromatic heterocycles. The Morgan fingerprint density at radius 3 is 1.79 bits per heavy atom. The van der Waals surface area contributed by atoms with Gasteiger partial charge in [0.2, 0.25) is 0 Å². The van der Waals surface area contributed by atoms with Crippen molar-refractivity contribution in [2.75, 3.05) is 32.1 Å². The fraction of sp³-hybridized carbons (Fsp3) is 0.944. The van der Waals surface area contributed by atoms with E-state index in [1.54, 1.807) is 0 Å². The number of hydrogen-bond donors (Lipinski definition) is 1. The summed E-state index contributed by atoms with van der Waals surface area (Å²) in [4.78, 5) is 4.62. The van der Waals surface area contributed by atoms with Crippen molar-refractivity contribution in [3.63, 3.8) is 0 Å². The van der Waals surface area contributed by atoms with Crippen LogP contribution in [0.4, 0.5) is 0 Å². The van der Waals surface area contributed by atoms with E-state index in [1.165, 1.54) is 12.1 Å². The van der Waals surface area contributed by atoms with Crippen LogP contribution < -0.4 is 0 Å². The van der Waals surface area contributed by atoms with Gasteiger partial charge in [-0.25, -0.2) is 0 Å². The third-order valence-corrected chi connectivity index (χ3v) is 6.64. The maximum absolute atomic E-state index is 5.83. The van der Waals surface area contributed by atoms with Gasteiger partial charge in [0.1, 0.15) is 0 Å². The van der Waals surface area contributed by atoms with E-state index in [4.69, 9.17) is 13.3 Å². The van der Waals surface area contributed by atoms with Crippen LogP contribution in [0.25, 0.3) is 0 Å². The highest BCUT2D eigenvalue weighted by molar-refractivity contribution is 7.80. The first-order chi connectivity index (χ1) is 11.4. The Hall–Kier alpha value is 0.117. The highest BCUT2D eigenvalue weighted by Gasteiger charge is 2.39. The maximum Gasteiger partial charge on any atom is 0.500 e. The van der Waals surface area contributed by atoms with Crippen LogP contribution in [0.5, 0.6) is 0 Å². The van der Waals surface area contributed by atoms with E-state index in [9.17, 15) is 0 Å². The number of thiol groups is 1. The summed E-state index contributed by atoms with van der Waals surface area (Å²) in [6.07, 6.45) is 3.22. The van der Waals surface area contributed by atoms with Crippen molar-refractivity contribution in [3.8, 4) is 0 Å². The summed E-state index contributed by atoms with van der Waals surface area (Å²) in [5.74, 6) is 1.68. The summed E-state index contributed by atoms with van der Waals surface area (Å²) in [5, 5.41) is 0. The van der Waals surface area contributed by atoms with Crippen molar-refractivity contribution < 1.29 is 13.3 Å². The van der Waals surface area contributed by atoms with Crippen molar-refractivity contribution >= 4 is 27.1 Å². The van der Waals surface area contributed by atoms with Crippen molar-refractivity contribution in [3.05, 3.63) is 0 Å². The second-order valence-electron chi connectivity index (χ2n) is 6.02. The topological polar surface area (TPSA) is 40.0 Å². The second kappa shape index (κ2) is 17.9. The van der Waals surface area contributed by atoms with Crippen molar-refractivity contribution in [1.29, 1.82) is 0 Å². The molecule has 0 radical (unpaired) electrons. The molecule has 0 aliphatic carbocycles. The normalized spacial score (nSPS) is 12.3. The zero-order valence-corrected chi connectivity index (χ0v) is 19.0. The molecule has 0 atom stereocenters. The molecule has 0 heterocycles. The lowest BCUT2D eigenvalue weighted by molar-refractivity contribution is 0.0710. The molecule has 0 amide bonds. The third-order valence-electron chi connectivity index (χ3n) is 3.04. The minimum absolute atomic E-state index is 0.641. The molecule has 0 N–H and O–H groups in total. The average Bonchev–Trinajstić information content (AvgIpc) is 2.52. The minimum Gasteiger partial charge on any atom is -0.374 e. The van der Waals surface area contributed by atoms with Gasteiger partial charge in [-0.05, 0) is 58.6 Å². The molecule has 0 fully saturated rings. The smallest absolute Gasteiger partial charge is 0.374 e. The Kier molecular flexibility index (Phi) is 19.7. The van der Waals surface area contributed by atoms with Gasteiger partial charge in [0, 0.05) is 38.1 Å². The molecule has 0 aliphatic heterocycles. The van der Waals surface area contributed by atoms with Gasteiger partial charge in [-0.1, -0.05) is 20.8 Å². The molecule has 0 unspecified atom stereocenters. The number of rotatable bonds is 13. The van der Waals surface area contributed by atoms with Crippen molar-refractivity contribution in [2.45, 2.75) is 73.8 Å². The first-order valence-corrected chi connectivity index (χ1v) is 12.0. The fourth-order valence-electron chi connectivity index (χ4n) is 2.22. The van der Waals surface area contributed by atoms with E-state index < -0.39 is 8.80 Å². The molecule has 6 heteroatoms. The first kappa shape index (κ1) is 26.3. The molecule has 0 saturated carbocycles. The summed E-state index contributed by atoms with van der Waals surface area (Å²) in [6.45, 7) is 17.4. The Morgan fingerprint density at radius 2 is 1.46 bits per heavy atom. The zero-order valence-electron chi connectivity index (χ0n) is 17.1. The zero-order chi connectivity index (χ0) is 18.8. The molecule has 0 aliphatic rings. The molecule has 0 spiro atoms. The molecule has 0 saturated heterocycles. The molecular formula is C18H41NO3SSi. The van der Waals surface area contributed by atoms with Crippen LogP contribution in [-0.4, -0.2) is 46.6 Å². The van der Waals surface area contributed by atoms with Gasteiger partial charge in [0.05, 0.1) is 0 Å². The van der Waals surface area contributed by atoms with Crippen LogP contribution >= 0.6 is 12.6 Å². The highest BCUT2D eigenvalue weighted by atomic mass is 32.1. The molecule has 146 valence electrons. The van der Waals surface area contributed by atoms with E-state index in [-0.39, 0.29) is 0 Å². The average molecular weight is 380 g/mol. The molecule has 4 nitrogen and oxygen atoms in total. The van der Waals surface area contributed by atoms with E-state index in [0.717, 1.165) is 31.2 Å². The third kappa shape index (κ3) is 15.6. The molecule has 0 aromatic rings. The summed E-state index contributed by atoms with van der Waals surface area (Å²) in [6, 6.07) is 0.848. The lowest BCUT2D eigenvalue weighted by Gasteiger charge is -2.28. The van der Waals surface area contributed by atoms with Crippen LogP contribution in [0.2, 0.25) is 6.04 Å². The number of aliphatic imine (C=N–C) groups is 1. The van der Waals surface area contributed by atoms with E-state index in [0.29, 0.717) is 25.7 Å². The lowest BCUT2D eigenvalue weighted by atomic mass is 10.1. The van der Waals surface area contributed by atoms with E-state index in [2.05, 4.69) is 45.3 Å². The van der Waals surface area contributed by atoms with E-state index in [1.807, 2.05) is 20.8 Å². The first-order valence-electron chi connectivity index (χ1n) is 9.43. The molecule has 0 aromatic carbocycles. The Balaban J connectivity index is 0. The van der Waals surface area contributed by atoms with Gasteiger partial charge in [-0.2, -0.15) is 12.6 Å². The maximum atomic E-state index is 5.83. The van der Waals surface area contributed by atoms with Crippen molar-refractivity contribution in [1.82, 2.24) is 0 Å². The summed E-state index contributed by atoms with van der Waals surface area (Å²) < 4.78 is 17.5. The molecule has 0 bridgehead atoms. The van der Waals surface area contributed by atoms with E-state index >= 15 is 0 Å². The van der Waals surface area contributed by atoms with Gasteiger partial charge in [0.25, 0.3) is 0 Å². The molecule has 0 rings (SSSR count). The molecule has 24 heavy (non-hydrogen) atoms. The van der Waals surface area contributed by atoms with Gasteiger partial charge < -0.3 is 13.3 Å². The fourth-order valence-corrected chi connectivity index (χ4v) is 4.82.